The SMILES string of the molecule is CNC(=O)[C@H]1CN(C(=O)CCCOc2ccccc2)c2ccccc2O1. The van der Waals surface area contributed by atoms with E-state index in [1.807, 2.05) is 48.5 Å². The predicted octanol–water partition coefficient (Wildman–Crippen LogP) is 2.39. The van der Waals surface area contributed by atoms with Crippen LogP contribution in [0.3, 0.4) is 0 Å². The number of rotatable bonds is 6. The van der Waals surface area contributed by atoms with Crippen LogP contribution in [0.15, 0.2) is 54.6 Å². The van der Waals surface area contributed by atoms with Crippen molar-refractivity contribution in [1.82, 2.24) is 5.32 Å². The van der Waals surface area contributed by atoms with E-state index in [0.29, 0.717) is 30.9 Å². The Morgan fingerprint density at radius 3 is 2.65 bits per heavy atom. The molecule has 1 atom stereocenters. The maximum Gasteiger partial charge on any atom is 0.262 e. The van der Waals surface area contributed by atoms with E-state index in [-0.39, 0.29) is 18.4 Å². The second-order valence-corrected chi connectivity index (χ2v) is 5.96. The van der Waals surface area contributed by atoms with Crippen molar-refractivity contribution in [3.63, 3.8) is 0 Å². The van der Waals surface area contributed by atoms with Gasteiger partial charge < -0.3 is 19.7 Å². The quantitative estimate of drug-likeness (QED) is 0.809. The predicted molar refractivity (Wildman–Crippen MR) is 98.4 cm³/mol. The van der Waals surface area contributed by atoms with Gasteiger partial charge in [0.05, 0.1) is 18.8 Å². The van der Waals surface area contributed by atoms with E-state index in [2.05, 4.69) is 5.32 Å². The molecular weight excluding hydrogens is 332 g/mol. The number of carbonyl (C=O) groups is 2. The third-order valence-corrected chi connectivity index (χ3v) is 4.16. The van der Waals surface area contributed by atoms with Crippen LogP contribution in [-0.2, 0) is 9.59 Å². The van der Waals surface area contributed by atoms with Crippen molar-refractivity contribution in [1.29, 1.82) is 0 Å². The zero-order chi connectivity index (χ0) is 18.4. The van der Waals surface area contributed by atoms with Crippen molar-refractivity contribution in [3.05, 3.63) is 54.6 Å². The molecule has 6 heteroatoms. The van der Waals surface area contributed by atoms with Gasteiger partial charge in [-0.1, -0.05) is 30.3 Å². The number of benzene rings is 2. The van der Waals surface area contributed by atoms with Crippen LogP contribution in [0.25, 0.3) is 0 Å². The maximum atomic E-state index is 12.7. The highest BCUT2D eigenvalue weighted by atomic mass is 16.5. The number of anilines is 1. The van der Waals surface area contributed by atoms with Crippen molar-refractivity contribution < 1.29 is 19.1 Å². The van der Waals surface area contributed by atoms with E-state index >= 15 is 0 Å². The van der Waals surface area contributed by atoms with E-state index in [9.17, 15) is 9.59 Å². The fraction of sp³-hybridized carbons (Fsp3) is 0.300. The largest absolute Gasteiger partial charge is 0.494 e. The lowest BCUT2D eigenvalue weighted by atomic mass is 10.1. The molecule has 0 saturated heterocycles. The van der Waals surface area contributed by atoms with Gasteiger partial charge >= 0.3 is 0 Å². The Kier molecular flexibility index (Phi) is 5.73. The van der Waals surface area contributed by atoms with Crippen LogP contribution in [0.1, 0.15) is 12.8 Å². The van der Waals surface area contributed by atoms with Gasteiger partial charge in [0.15, 0.2) is 6.10 Å². The van der Waals surface area contributed by atoms with Gasteiger partial charge in [0.1, 0.15) is 11.5 Å². The van der Waals surface area contributed by atoms with Gasteiger partial charge in [-0.2, -0.15) is 0 Å². The third kappa shape index (κ3) is 4.14. The van der Waals surface area contributed by atoms with Crippen molar-refractivity contribution in [2.75, 3.05) is 25.1 Å². The van der Waals surface area contributed by atoms with E-state index in [0.717, 1.165) is 5.75 Å². The summed E-state index contributed by atoms with van der Waals surface area (Å²) in [5.41, 5.74) is 0.696. The highest BCUT2D eigenvalue weighted by molar-refractivity contribution is 5.97. The molecule has 2 aromatic rings. The molecule has 0 spiro atoms. The summed E-state index contributed by atoms with van der Waals surface area (Å²) in [7, 11) is 1.55. The Balaban J connectivity index is 1.61. The molecule has 1 N–H and O–H groups in total. The molecule has 0 saturated carbocycles. The normalized spacial score (nSPS) is 15.6. The number of fused-ring (bicyclic) bond motifs is 1. The maximum absolute atomic E-state index is 12.7. The highest BCUT2D eigenvalue weighted by Crippen LogP contribution is 2.33. The topological polar surface area (TPSA) is 67.9 Å². The second kappa shape index (κ2) is 8.38. The van der Waals surface area contributed by atoms with Gasteiger partial charge in [-0.25, -0.2) is 0 Å². The summed E-state index contributed by atoms with van der Waals surface area (Å²) in [5.74, 6) is 1.04. The fourth-order valence-electron chi connectivity index (χ4n) is 2.83. The Morgan fingerprint density at radius 2 is 1.88 bits per heavy atom. The van der Waals surface area contributed by atoms with Crippen LogP contribution in [0, 0.1) is 0 Å². The summed E-state index contributed by atoms with van der Waals surface area (Å²) >= 11 is 0. The van der Waals surface area contributed by atoms with Crippen LogP contribution in [0.4, 0.5) is 5.69 Å². The Hall–Kier alpha value is -3.02. The number of ether oxygens (including phenoxy) is 2. The van der Waals surface area contributed by atoms with Crippen LogP contribution < -0.4 is 19.7 Å². The smallest absolute Gasteiger partial charge is 0.262 e. The zero-order valence-electron chi connectivity index (χ0n) is 14.7. The summed E-state index contributed by atoms with van der Waals surface area (Å²) in [6.45, 7) is 0.662. The molecule has 3 rings (SSSR count). The van der Waals surface area contributed by atoms with Gasteiger partial charge in [-0.3, -0.25) is 9.59 Å². The molecule has 1 heterocycles. The standard InChI is InChI=1S/C20H22N2O4/c1-21-20(24)18-14-22(16-10-5-6-11-17(16)26-18)19(23)12-7-13-25-15-8-3-2-4-9-15/h2-6,8-11,18H,7,12-14H2,1H3,(H,21,24)/t18-/m1/s1. The first-order valence-corrected chi connectivity index (χ1v) is 8.64. The molecule has 0 unspecified atom stereocenters. The molecule has 26 heavy (non-hydrogen) atoms. The lowest BCUT2D eigenvalue weighted by Crippen LogP contribution is -2.50. The van der Waals surface area contributed by atoms with Crippen LogP contribution in [0.2, 0.25) is 0 Å². The molecule has 6 nitrogen and oxygen atoms in total. The molecule has 0 bridgehead atoms. The summed E-state index contributed by atoms with van der Waals surface area (Å²) < 4.78 is 11.3. The highest BCUT2D eigenvalue weighted by Gasteiger charge is 2.32. The average Bonchev–Trinajstić information content (AvgIpc) is 2.70. The van der Waals surface area contributed by atoms with Crippen LogP contribution in [-0.4, -0.2) is 38.1 Å². The van der Waals surface area contributed by atoms with Crippen molar-refractivity contribution in [3.8, 4) is 11.5 Å². The lowest BCUT2D eigenvalue weighted by Gasteiger charge is -2.34. The van der Waals surface area contributed by atoms with Gasteiger partial charge in [-0.05, 0) is 30.7 Å². The number of nitrogens with one attached hydrogen (secondary N) is 1. The summed E-state index contributed by atoms with van der Waals surface area (Å²) in [5, 5.41) is 2.57. The van der Waals surface area contributed by atoms with Crippen LogP contribution in [0.5, 0.6) is 11.5 Å². The van der Waals surface area contributed by atoms with Crippen LogP contribution >= 0.6 is 0 Å². The first-order chi connectivity index (χ1) is 12.7. The molecule has 136 valence electrons. The summed E-state index contributed by atoms with van der Waals surface area (Å²) in [6.07, 6.45) is 0.221. The number of carbonyl (C=O) groups excluding carboxylic acids is 2. The third-order valence-electron chi connectivity index (χ3n) is 4.16. The number of para-hydroxylation sites is 3. The number of amides is 2. The van der Waals surface area contributed by atoms with E-state index in [4.69, 9.17) is 9.47 Å². The monoisotopic (exact) mass is 354 g/mol. The van der Waals surface area contributed by atoms with E-state index in [1.165, 1.54) is 0 Å². The summed E-state index contributed by atoms with van der Waals surface area (Å²) in [6, 6.07) is 16.8. The molecule has 2 aromatic carbocycles. The van der Waals surface area contributed by atoms with Gasteiger partial charge in [0.25, 0.3) is 5.91 Å². The average molecular weight is 354 g/mol. The van der Waals surface area contributed by atoms with E-state index in [1.54, 1.807) is 18.0 Å². The van der Waals surface area contributed by atoms with Crippen molar-refractivity contribution >= 4 is 17.5 Å². The minimum Gasteiger partial charge on any atom is -0.494 e. The number of nitrogens with zero attached hydrogens (tertiary/aromatic N) is 1. The zero-order valence-corrected chi connectivity index (χ0v) is 14.7. The molecule has 1 aliphatic rings. The van der Waals surface area contributed by atoms with Crippen molar-refractivity contribution in [2.24, 2.45) is 0 Å². The number of hydrogen-bond donors (Lipinski definition) is 1. The minimum atomic E-state index is -0.709. The summed E-state index contributed by atoms with van der Waals surface area (Å²) in [4.78, 5) is 26.3. The first-order valence-electron chi connectivity index (χ1n) is 8.64. The molecule has 0 fully saturated rings. The second-order valence-electron chi connectivity index (χ2n) is 5.96. The van der Waals surface area contributed by atoms with Gasteiger partial charge in [-0.15, -0.1) is 0 Å². The number of hydrogen-bond acceptors (Lipinski definition) is 4. The fourth-order valence-corrected chi connectivity index (χ4v) is 2.83. The molecular formula is C20H22N2O4. The minimum absolute atomic E-state index is 0.0497. The van der Waals surface area contributed by atoms with Gasteiger partial charge in [0, 0.05) is 13.5 Å². The Bertz CT molecular complexity index is 763. The molecule has 1 aliphatic heterocycles. The molecule has 0 aliphatic carbocycles. The number of likely N-dealkylation sites (N-methyl/N-ethyl adjacent to an activating group) is 1. The first kappa shape index (κ1) is 17.8. The Labute approximate surface area is 152 Å². The van der Waals surface area contributed by atoms with E-state index < -0.39 is 6.10 Å². The molecule has 2 amide bonds. The van der Waals surface area contributed by atoms with Crippen molar-refractivity contribution in [2.45, 2.75) is 18.9 Å². The lowest BCUT2D eigenvalue weighted by molar-refractivity contribution is -0.128. The van der Waals surface area contributed by atoms with Gasteiger partial charge in [0.2, 0.25) is 5.91 Å². The molecule has 0 radical (unpaired) electrons. The molecule has 0 aromatic heterocycles. The Morgan fingerprint density at radius 1 is 1.15 bits per heavy atom.